The molecule has 14 heteroatoms. The van der Waals surface area contributed by atoms with E-state index >= 15 is 0 Å². The number of rotatable bonds is 6. The summed E-state index contributed by atoms with van der Waals surface area (Å²) >= 11 is 0. The van der Waals surface area contributed by atoms with Crippen LogP contribution in [0.5, 0.6) is 0 Å². The smallest absolute Gasteiger partial charge is 0.460 e. The van der Waals surface area contributed by atoms with Crippen LogP contribution in [0.4, 0.5) is 39.5 Å². The molecule has 1 N–H and O–H groups in total. The zero-order valence-corrected chi connectivity index (χ0v) is 12.9. The van der Waals surface area contributed by atoms with Crippen LogP contribution in [0.1, 0.15) is 6.42 Å². The SMILES string of the molecule is C=CC(=O)OCCC(F)(F)C(F)(F)C(F)(F)C(F)(F)F.O=C1C=CC(=O)N1. The topological polar surface area (TPSA) is 72.5 Å². The Morgan fingerprint density at radius 3 is 1.70 bits per heavy atom. The van der Waals surface area contributed by atoms with Gasteiger partial charge in [-0.2, -0.15) is 39.5 Å². The average Bonchev–Trinajstić information content (AvgIpc) is 2.89. The lowest BCUT2D eigenvalue weighted by molar-refractivity contribution is -0.397. The molecule has 0 aromatic heterocycles. The number of esters is 1. The fourth-order valence-corrected chi connectivity index (χ4v) is 1.26. The average molecular weight is 415 g/mol. The monoisotopic (exact) mass is 415 g/mol. The summed E-state index contributed by atoms with van der Waals surface area (Å²) in [4.78, 5) is 30.5. The van der Waals surface area contributed by atoms with E-state index in [-0.39, 0.29) is 11.8 Å². The number of ether oxygens (including phenoxy) is 1. The van der Waals surface area contributed by atoms with E-state index in [2.05, 4.69) is 11.3 Å². The van der Waals surface area contributed by atoms with Crippen LogP contribution >= 0.6 is 0 Å². The quantitative estimate of drug-likeness (QED) is 0.314. The molecule has 1 heterocycles. The van der Waals surface area contributed by atoms with Gasteiger partial charge in [-0.25, -0.2) is 4.79 Å². The Balaban J connectivity index is 0.000000797. The molecule has 0 unspecified atom stereocenters. The van der Waals surface area contributed by atoms with Gasteiger partial charge in [0.15, 0.2) is 0 Å². The number of nitrogens with one attached hydrogen (secondary N) is 1. The molecule has 0 bridgehead atoms. The van der Waals surface area contributed by atoms with E-state index < -0.39 is 42.9 Å². The van der Waals surface area contributed by atoms with Gasteiger partial charge in [0.25, 0.3) is 11.8 Å². The van der Waals surface area contributed by atoms with Crippen LogP contribution in [0.15, 0.2) is 24.8 Å². The molecule has 0 aromatic carbocycles. The lowest BCUT2D eigenvalue weighted by Gasteiger charge is -2.33. The molecule has 154 valence electrons. The normalized spacial score (nSPS) is 15.0. The van der Waals surface area contributed by atoms with E-state index in [1.807, 2.05) is 5.32 Å². The molecule has 0 saturated heterocycles. The molecule has 0 aromatic rings. The molecule has 2 amide bonds. The zero-order valence-electron chi connectivity index (χ0n) is 12.9. The van der Waals surface area contributed by atoms with Crippen molar-refractivity contribution in [2.24, 2.45) is 0 Å². The first-order valence-electron chi connectivity index (χ1n) is 6.52. The molecule has 0 fully saturated rings. The van der Waals surface area contributed by atoms with Crippen molar-refractivity contribution >= 4 is 17.8 Å². The van der Waals surface area contributed by atoms with Gasteiger partial charge in [-0.15, -0.1) is 0 Å². The lowest BCUT2D eigenvalue weighted by Crippen LogP contribution is -2.61. The summed E-state index contributed by atoms with van der Waals surface area (Å²) in [7, 11) is 0. The Morgan fingerprint density at radius 2 is 1.41 bits per heavy atom. The molecule has 1 aliphatic rings. The van der Waals surface area contributed by atoms with Gasteiger partial charge >= 0.3 is 29.9 Å². The van der Waals surface area contributed by atoms with Gasteiger partial charge in [0.1, 0.15) is 0 Å². The van der Waals surface area contributed by atoms with Crippen LogP contribution in [0, 0.1) is 0 Å². The van der Waals surface area contributed by atoms with Gasteiger partial charge < -0.3 is 4.74 Å². The predicted molar refractivity (Wildman–Crippen MR) is 69.0 cm³/mol. The fourth-order valence-electron chi connectivity index (χ4n) is 1.26. The van der Waals surface area contributed by atoms with E-state index in [9.17, 15) is 53.9 Å². The van der Waals surface area contributed by atoms with Crippen LogP contribution in [-0.4, -0.2) is 48.3 Å². The van der Waals surface area contributed by atoms with Gasteiger partial charge in [-0.1, -0.05) is 6.58 Å². The van der Waals surface area contributed by atoms with E-state index in [0.717, 1.165) is 0 Å². The Morgan fingerprint density at radius 1 is 0.963 bits per heavy atom. The van der Waals surface area contributed by atoms with E-state index in [4.69, 9.17) is 0 Å². The number of amides is 2. The van der Waals surface area contributed by atoms with Crippen LogP contribution in [0.3, 0.4) is 0 Å². The molecule has 1 rings (SSSR count). The summed E-state index contributed by atoms with van der Waals surface area (Å²) in [5, 5.41) is 2.03. The van der Waals surface area contributed by atoms with Crippen LogP contribution < -0.4 is 5.32 Å². The minimum Gasteiger partial charge on any atom is -0.462 e. The summed E-state index contributed by atoms with van der Waals surface area (Å²) in [5.74, 6) is -21.4. The molecule has 0 atom stereocenters. The molecule has 0 saturated carbocycles. The highest BCUT2D eigenvalue weighted by atomic mass is 19.4. The van der Waals surface area contributed by atoms with Crippen LogP contribution in [-0.2, 0) is 19.1 Å². The van der Waals surface area contributed by atoms with Gasteiger partial charge in [-0.05, 0) is 0 Å². The lowest BCUT2D eigenvalue weighted by atomic mass is 10.0. The molecule has 1 aliphatic heterocycles. The molecule has 27 heavy (non-hydrogen) atoms. The summed E-state index contributed by atoms with van der Waals surface area (Å²) in [6.45, 7) is 1.33. The number of carbonyl (C=O) groups excluding carboxylic acids is 3. The highest BCUT2D eigenvalue weighted by Crippen LogP contribution is 2.53. The number of hydrogen-bond acceptors (Lipinski definition) is 4. The number of carbonyl (C=O) groups is 3. The largest absolute Gasteiger partial charge is 0.462 e. The Kier molecular flexibility index (Phi) is 7.64. The summed E-state index contributed by atoms with van der Waals surface area (Å²) < 4.78 is 115. The summed E-state index contributed by atoms with van der Waals surface area (Å²) in [6.07, 6.45) is -6.23. The van der Waals surface area contributed by atoms with Crippen molar-refractivity contribution in [3.05, 3.63) is 24.8 Å². The maximum atomic E-state index is 12.8. The summed E-state index contributed by atoms with van der Waals surface area (Å²) in [6, 6.07) is 0. The first-order chi connectivity index (χ1) is 12.0. The molecule has 0 aliphatic carbocycles. The van der Waals surface area contributed by atoms with E-state index in [1.54, 1.807) is 0 Å². The van der Waals surface area contributed by atoms with Gasteiger partial charge in [0.05, 0.1) is 13.0 Å². The minimum atomic E-state index is -6.94. The van der Waals surface area contributed by atoms with Crippen molar-refractivity contribution < 1.29 is 58.6 Å². The third-order valence-electron chi connectivity index (χ3n) is 2.67. The van der Waals surface area contributed by atoms with Gasteiger partial charge in [0, 0.05) is 18.2 Å². The Bertz CT molecular complexity index is 610. The second-order valence-electron chi connectivity index (χ2n) is 4.66. The van der Waals surface area contributed by atoms with Crippen molar-refractivity contribution in [2.45, 2.75) is 30.4 Å². The minimum absolute atomic E-state index is 0.329. The second kappa shape index (κ2) is 8.43. The standard InChI is InChI=1S/C9H7F9O2.C4H3NO2/c1-2-5(19)20-4-3-6(10,11)7(12,13)8(14,15)9(16,17)18;6-3-1-2-4(7)5-3/h2H,1,3-4H2;1-2H,(H,5,6,7). The molecule has 5 nitrogen and oxygen atoms in total. The maximum Gasteiger partial charge on any atom is 0.460 e. The van der Waals surface area contributed by atoms with Crippen molar-refractivity contribution in [3.8, 4) is 0 Å². The van der Waals surface area contributed by atoms with Gasteiger partial charge in [0.2, 0.25) is 0 Å². The predicted octanol–water partition coefficient (Wildman–Crippen LogP) is 2.77. The zero-order chi connectivity index (χ0) is 21.7. The Hall–Kier alpha value is -2.54. The highest BCUT2D eigenvalue weighted by molar-refractivity contribution is 6.12. The first kappa shape index (κ1) is 24.5. The van der Waals surface area contributed by atoms with Crippen LogP contribution in [0.25, 0.3) is 0 Å². The first-order valence-corrected chi connectivity index (χ1v) is 6.52. The molecular weight excluding hydrogens is 405 g/mol. The van der Waals surface area contributed by atoms with E-state index in [1.165, 1.54) is 12.2 Å². The van der Waals surface area contributed by atoms with Crippen molar-refractivity contribution in [2.75, 3.05) is 6.61 Å². The molecule has 0 spiro atoms. The fraction of sp³-hybridized carbons (Fsp3) is 0.462. The van der Waals surface area contributed by atoms with E-state index in [0.29, 0.717) is 6.08 Å². The van der Waals surface area contributed by atoms with Crippen LogP contribution in [0.2, 0.25) is 0 Å². The highest BCUT2D eigenvalue weighted by Gasteiger charge is 2.81. The molecule has 0 radical (unpaired) electrons. The third-order valence-corrected chi connectivity index (χ3v) is 2.67. The number of imide groups is 1. The third kappa shape index (κ3) is 5.99. The molecular formula is C13H10F9NO4. The number of halogens is 9. The maximum absolute atomic E-state index is 12.8. The summed E-state index contributed by atoms with van der Waals surface area (Å²) in [5.41, 5.74) is 0. The van der Waals surface area contributed by atoms with Crippen molar-refractivity contribution in [1.82, 2.24) is 5.32 Å². The van der Waals surface area contributed by atoms with Crippen molar-refractivity contribution in [3.63, 3.8) is 0 Å². The Labute approximate surface area is 144 Å². The van der Waals surface area contributed by atoms with Gasteiger partial charge in [-0.3, -0.25) is 14.9 Å². The van der Waals surface area contributed by atoms with Crippen molar-refractivity contribution in [1.29, 1.82) is 0 Å². The number of alkyl halides is 9. The number of hydrogen-bond donors (Lipinski definition) is 1. The second-order valence-corrected chi connectivity index (χ2v) is 4.66.